The number of hydrogen-bond acceptors (Lipinski definition) is 2. The average Bonchev–Trinajstić information content (AvgIpc) is 2.81. The van der Waals surface area contributed by atoms with Crippen molar-refractivity contribution in [1.29, 1.82) is 0 Å². The van der Waals surface area contributed by atoms with Gasteiger partial charge in [0, 0.05) is 5.57 Å². The van der Waals surface area contributed by atoms with E-state index in [4.69, 9.17) is 4.74 Å². The van der Waals surface area contributed by atoms with Crippen molar-refractivity contribution in [1.82, 2.24) is 0 Å². The Morgan fingerprint density at radius 2 is 0.824 bits per heavy atom. The highest BCUT2D eigenvalue weighted by atomic mass is 16.5. The van der Waals surface area contributed by atoms with Crippen LogP contribution in [0.2, 0.25) is 0 Å². The molecule has 0 aliphatic rings. The van der Waals surface area contributed by atoms with Crippen LogP contribution in [0.1, 0.15) is 181 Å². The summed E-state index contributed by atoms with van der Waals surface area (Å²) in [6.07, 6.45) is 35.0. The number of rotatable bonds is 27. The van der Waals surface area contributed by atoms with Crippen LogP contribution in [0.3, 0.4) is 0 Å². The van der Waals surface area contributed by atoms with E-state index >= 15 is 0 Å². The highest BCUT2D eigenvalue weighted by Crippen LogP contribution is 2.16. The second kappa shape index (κ2) is 26.8. The summed E-state index contributed by atoms with van der Waals surface area (Å²) in [6.45, 7) is 9.62. The van der Waals surface area contributed by atoms with Crippen LogP contribution < -0.4 is 0 Å². The van der Waals surface area contributed by atoms with Crippen molar-refractivity contribution < 1.29 is 9.53 Å². The van der Waals surface area contributed by atoms with Crippen LogP contribution in [0, 0.1) is 0 Å². The quantitative estimate of drug-likeness (QED) is 0.0666. The Hall–Kier alpha value is -0.790. The smallest absolute Gasteiger partial charge is 0.333 e. The van der Waals surface area contributed by atoms with E-state index in [1.165, 1.54) is 148 Å². The maximum absolute atomic E-state index is 11.5. The molecule has 0 amide bonds. The minimum atomic E-state index is -0.253. The zero-order valence-electron chi connectivity index (χ0n) is 23.8. The molecular weight excluding hydrogens is 416 g/mol. The van der Waals surface area contributed by atoms with E-state index in [0.717, 1.165) is 12.8 Å². The molecule has 1 atom stereocenters. The van der Waals surface area contributed by atoms with Crippen LogP contribution in [0.5, 0.6) is 0 Å². The molecule has 0 fully saturated rings. The van der Waals surface area contributed by atoms with E-state index in [-0.39, 0.29) is 12.1 Å². The summed E-state index contributed by atoms with van der Waals surface area (Å²) in [4.78, 5) is 11.5. The molecule has 0 bridgehead atoms. The molecule has 1 unspecified atom stereocenters. The number of carbonyl (C=O) groups is 1. The Morgan fingerprint density at radius 3 is 1.09 bits per heavy atom. The van der Waals surface area contributed by atoms with Crippen molar-refractivity contribution in [2.75, 3.05) is 0 Å². The maximum atomic E-state index is 11.5. The lowest BCUT2D eigenvalue weighted by molar-refractivity contribution is -0.143. The number of carbonyl (C=O) groups excluding carboxylic acids is 1. The van der Waals surface area contributed by atoms with Crippen molar-refractivity contribution >= 4 is 5.97 Å². The van der Waals surface area contributed by atoms with E-state index < -0.39 is 0 Å². The third-order valence-corrected chi connectivity index (χ3v) is 7.12. The van der Waals surface area contributed by atoms with E-state index in [1.807, 2.05) is 6.92 Å². The molecule has 0 heterocycles. The SMILES string of the molecule is C=C(C)C(=O)OC(C)CCCCCCCCCCCCCCCCCCCCCCCCCC. The largest absolute Gasteiger partial charge is 0.459 e. The molecule has 0 saturated carbocycles. The third-order valence-electron chi connectivity index (χ3n) is 7.12. The topological polar surface area (TPSA) is 26.3 Å². The molecule has 0 saturated heterocycles. The lowest BCUT2D eigenvalue weighted by Gasteiger charge is -2.12. The molecule has 34 heavy (non-hydrogen) atoms. The first-order valence-corrected chi connectivity index (χ1v) is 15.4. The van der Waals surface area contributed by atoms with Gasteiger partial charge in [-0.15, -0.1) is 0 Å². The molecule has 0 aliphatic carbocycles. The van der Waals surface area contributed by atoms with Crippen LogP contribution in [-0.2, 0) is 9.53 Å². The summed E-state index contributed by atoms with van der Waals surface area (Å²) in [6, 6.07) is 0. The van der Waals surface area contributed by atoms with E-state index in [1.54, 1.807) is 6.92 Å². The van der Waals surface area contributed by atoms with Gasteiger partial charge in [0.15, 0.2) is 0 Å². The van der Waals surface area contributed by atoms with E-state index in [0.29, 0.717) is 5.57 Å². The second-order valence-corrected chi connectivity index (χ2v) is 10.9. The second-order valence-electron chi connectivity index (χ2n) is 10.9. The summed E-state index contributed by atoms with van der Waals surface area (Å²) in [5.74, 6) is -0.253. The van der Waals surface area contributed by atoms with Crippen molar-refractivity contribution in [3.63, 3.8) is 0 Å². The fourth-order valence-electron chi connectivity index (χ4n) is 4.74. The van der Waals surface area contributed by atoms with Crippen LogP contribution in [0.25, 0.3) is 0 Å². The Bertz CT molecular complexity index is 442. The predicted molar refractivity (Wildman–Crippen MR) is 151 cm³/mol. The normalized spacial score (nSPS) is 12.1. The zero-order chi connectivity index (χ0) is 25.1. The monoisotopic (exact) mass is 478 g/mol. The molecule has 0 aromatic carbocycles. The summed E-state index contributed by atoms with van der Waals surface area (Å²) < 4.78 is 5.33. The van der Waals surface area contributed by atoms with Gasteiger partial charge in [0.2, 0.25) is 0 Å². The van der Waals surface area contributed by atoms with Gasteiger partial charge in [-0.05, 0) is 26.7 Å². The minimum absolute atomic E-state index is 0.0175. The lowest BCUT2D eigenvalue weighted by Crippen LogP contribution is -2.15. The highest BCUT2D eigenvalue weighted by Gasteiger charge is 2.09. The van der Waals surface area contributed by atoms with Crippen LogP contribution in [0.4, 0.5) is 0 Å². The van der Waals surface area contributed by atoms with Crippen molar-refractivity contribution in [3.05, 3.63) is 12.2 Å². The average molecular weight is 479 g/mol. The van der Waals surface area contributed by atoms with Crippen molar-refractivity contribution in [3.8, 4) is 0 Å². The highest BCUT2D eigenvalue weighted by molar-refractivity contribution is 5.87. The molecular formula is C32H62O2. The number of hydrogen-bond donors (Lipinski definition) is 0. The Kier molecular flexibility index (Phi) is 26.2. The molecule has 0 N–H and O–H groups in total. The fourth-order valence-corrected chi connectivity index (χ4v) is 4.74. The van der Waals surface area contributed by atoms with Gasteiger partial charge in [-0.2, -0.15) is 0 Å². The predicted octanol–water partition coefficient (Wildman–Crippen LogP) is 11.3. The zero-order valence-corrected chi connectivity index (χ0v) is 23.8. The van der Waals surface area contributed by atoms with Gasteiger partial charge < -0.3 is 4.74 Å². The first-order chi connectivity index (χ1) is 16.6. The molecule has 0 aromatic rings. The first kappa shape index (κ1) is 33.2. The van der Waals surface area contributed by atoms with Crippen LogP contribution in [-0.4, -0.2) is 12.1 Å². The Labute approximate surface area is 215 Å². The lowest BCUT2D eigenvalue weighted by atomic mass is 10.0. The molecule has 202 valence electrons. The summed E-state index contributed by atoms with van der Waals surface area (Å²) >= 11 is 0. The number of esters is 1. The summed E-state index contributed by atoms with van der Waals surface area (Å²) in [7, 11) is 0. The van der Waals surface area contributed by atoms with Gasteiger partial charge in [-0.25, -0.2) is 4.79 Å². The fraction of sp³-hybridized carbons (Fsp3) is 0.906. The standard InChI is InChI=1S/C32H62O2/c1-5-6-7-8-9-10-11-12-13-14-15-16-17-18-19-20-21-22-23-24-25-26-27-28-29-31(4)34-32(33)30(2)3/h31H,2,5-29H2,1,3-4H3. The van der Waals surface area contributed by atoms with E-state index in [9.17, 15) is 4.79 Å². The molecule has 0 spiro atoms. The summed E-state index contributed by atoms with van der Waals surface area (Å²) in [5.41, 5.74) is 0.492. The number of unbranched alkanes of at least 4 members (excludes halogenated alkanes) is 23. The third kappa shape index (κ3) is 25.8. The van der Waals surface area contributed by atoms with Crippen molar-refractivity contribution in [2.24, 2.45) is 0 Å². The van der Waals surface area contributed by atoms with Gasteiger partial charge in [-0.3, -0.25) is 0 Å². The van der Waals surface area contributed by atoms with E-state index in [2.05, 4.69) is 13.5 Å². The molecule has 0 aromatic heterocycles. The van der Waals surface area contributed by atoms with Gasteiger partial charge in [0.25, 0.3) is 0 Å². The first-order valence-electron chi connectivity index (χ1n) is 15.4. The van der Waals surface area contributed by atoms with Crippen LogP contribution >= 0.6 is 0 Å². The molecule has 0 aliphatic heterocycles. The Morgan fingerprint density at radius 1 is 0.559 bits per heavy atom. The van der Waals surface area contributed by atoms with Crippen molar-refractivity contribution in [2.45, 2.75) is 187 Å². The van der Waals surface area contributed by atoms with Gasteiger partial charge in [-0.1, -0.05) is 161 Å². The maximum Gasteiger partial charge on any atom is 0.333 e. The number of ether oxygens (including phenoxy) is 1. The molecule has 2 heteroatoms. The van der Waals surface area contributed by atoms with Gasteiger partial charge >= 0.3 is 5.97 Å². The van der Waals surface area contributed by atoms with Gasteiger partial charge in [0.05, 0.1) is 6.10 Å². The van der Waals surface area contributed by atoms with Gasteiger partial charge in [0.1, 0.15) is 0 Å². The molecule has 0 radical (unpaired) electrons. The van der Waals surface area contributed by atoms with Crippen LogP contribution in [0.15, 0.2) is 12.2 Å². The summed E-state index contributed by atoms with van der Waals surface area (Å²) in [5, 5.41) is 0. The molecule has 0 rings (SSSR count). The Balaban J connectivity index is 3.13. The molecule has 2 nitrogen and oxygen atoms in total. The minimum Gasteiger partial charge on any atom is -0.459 e.